The molecule has 4 aromatic heterocycles. The van der Waals surface area contributed by atoms with Gasteiger partial charge in [-0.05, 0) is 31.0 Å². The topological polar surface area (TPSA) is 60.9 Å². The first-order valence-corrected chi connectivity index (χ1v) is 7.71. The van der Waals surface area contributed by atoms with Crippen LogP contribution in [0, 0.1) is 0 Å². The van der Waals surface area contributed by atoms with E-state index in [4.69, 9.17) is 5.10 Å². The second kappa shape index (κ2) is 4.74. The molecular weight excluding hydrogens is 288 g/mol. The van der Waals surface area contributed by atoms with Gasteiger partial charge in [-0.2, -0.15) is 10.2 Å². The van der Waals surface area contributed by atoms with Gasteiger partial charge in [-0.3, -0.25) is 9.67 Å². The van der Waals surface area contributed by atoms with Gasteiger partial charge in [-0.1, -0.05) is 6.07 Å². The van der Waals surface area contributed by atoms with Crippen LogP contribution in [0.1, 0.15) is 12.1 Å². The van der Waals surface area contributed by atoms with E-state index in [0.717, 1.165) is 47.5 Å². The SMILES string of the molecule is c1ccc(-c2nn3c(c2-c2cnn4cccnc24)CCC3)nc1. The largest absolute Gasteiger partial charge is 0.268 e. The first-order valence-electron chi connectivity index (χ1n) is 7.71. The lowest BCUT2D eigenvalue weighted by molar-refractivity contribution is 0.658. The van der Waals surface area contributed by atoms with E-state index >= 15 is 0 Å². The number of hydrogen-bond acceptors (Lipinski definition) is 4. The van der Waals surface area contributed by atoms with Crippen molar-refractivity contribution in [3.05, 3.63) is 54.7 Å². The highest BCUT2D eigenvalue weighted by molar-refractivity contribution is 5.88. The van der Waals surface area contributed by atoms with Gasteiger partial charge in [0.15, 0.2) is 5.65 Å². The van der Waals surface area contributed by atoms with Crippen molar-refractivity contribution in [2.24, 2.45) is 0 Å². The van der Waals surface area contributed by atoms with Crippen molar-refractivity contribution < 1.29 is 0 Å². The Morgan fingerprint density at radius 2 is 2.00 bits per heavy atom. The monoisotopic (exact) mass is 302 g/mol. The van der Waals surface area contributed by atoms with E-state index in [-0.39, 0.29) is 0 Å². The lowest BCUT2D eigenvalue weighted by Gasteiger charge is -2.03. The second-order valence-corrected chi connectivity index (χ2v) is 5.66. The molecule has 0 spiro atoms. The first kappa shape index (κ1) is 12.5. The number of nitrogens with zero attached hydrogens (tertiary/aromatic N) is 6. The van der Waals surface area contributed by atoms with Gasteiger partial charge in [-0.15, -0.1) is 0 Å². The van der Waals surface area contributed by atoms with Crippen molar-refractivity contribution in [1.82, 2.24) is 29.4 Å². The van der Waals surface area contributed by atoms with E-state index in [1.165, 1.54) is 5.69 Å². The maximum Gasteiger partial charge on any atom is 0.162 e. The van der Waals surface area contributed by atoms with E-state index in [9.17, 15) is 0 Å². The van der Waals surface area contributed by atoms with Crippen molar-refractivity contribution in [2.45, 2.75) is 19.4 Å². The predicted molar refractivity (Wildman–Crippen MR) is 85.8 cm³/mol. The van der Waals surface area contributed by atoms with Gasteiger partial charge >= 0.3 is 0 Å². The van der Waals surface area contributed by atoms with Crippen LogP contribution in [-0.4, -0.2) is 29.4 Å². The molecule has 0 aliphatic carbocycles. The summed E-state index contributed by atoms with van der Waals surface area (Å²) in [5.74, 6) is 0. The molecule has 0 saturated carbocycles. The summed E-state index contributed by atoms with van der Waals surface area (Å²) in [5.41, 5.74) is 6.06. The molecule has 0 atom stereocenters. The van der Waals surface area contributed by atoms with Gasteiger partial charge in [0.1, 0.15) is 5.69 Å². The summed E-state index contributed by atoms with van der Waals surface area (Å²) in [4.78, 5) is 8.99. The number of aromatic nitrogens is 6. The zero-order valence-electron chi connectivity index (χ0n) is 12.4. The minimum absolute atomic E-state index is 0.854. The Kier molecular flexibility index (Phi) is 2.58. The Bertz CT molecular complexity index is 999. The Labute approximate surface area is 132 Å². The number of fused-ring (bicyclic) bond motifs is 2. The van der Waals surface area contributed by atoms with Crippen LogP contribution in [0.25, 0.3) is 28.2 Å². The van der Waals surface area contributed by atoms with Gasteiger partial charge in [0.25, 0.3) is 0 Å². The summed E-state index contributed by atoms with van der Waals surface area (Å²) in [6.07, 6.45) is 9.55. The number of rotatable bonds is 2. The fourth-order valence-corrected chi connectivity index (χ4v) is 3.30. The molecule has 0 amide bonds. The van der Waals surface area contributed by atoms with Gasteiger partial charge in [0.05, 0.1) is 17.5 Å². The number of pyridine rings is 1. The molecule has 0 radical (unpaired) electrons. The fraction of sp³-hybridized carbons (Fsp3) is 0.176. The molecular formula is C17H14N6. The summed E-state index contributed by atoms with van der Waals surface area (Å²) in [5, 5.41) is 9.24. The van der Waals surface area contributed by atoms with Crippen LogP contribution in [0.3, 0.4) is 0 Å². The molecule has 23 heavy (non-hydrogen) atoms. The maximum absolute atomic E-state index is 4.81. The van der Waals surface area contributed by atoms with Crippen molar-refractivity contribution in [2.75, 3.05) is 0 Å². The molecule has 6 heteroatoms. The van der Waals surface area contributed by atoms with Gasteiger partial charge in [0, 0.05) is 36.4 Å². The van der Waals surface area contributed by atoms with Crippen LogP contribution in [0.4, 0.5) is 0 Å². The normalized spacial score (nSPS) is 13.6. The lowest BCUT2D eigenvalue weighted by Crippen LogP contribution is -1.94. The molecule has 0 bridgehead atoms. The van der Waals surface area contributed by atoms with Crippen LogP contribution in [0.2, 0.25) is 0 Å². The molecule has 112 valence electrons. The summed E-state index contributed by atoms with van der Waals surface area (Å²) in [7, 11) is 0. The lowest BCUT2D eigenvalue weighted by atomic mass is 10.0. The minimum Gasteiger partial charge on any atom is -0.268 e. The van der Waals surface area contributed by atoms with Crippen molar-refractivity contribution in [1.29, 1.82) is 0 Å². The van der Waals surface area contributed by atoms with Gasteiger partial charge in [-0.25, -0.2) is 9.50 Å². The summed E-state index contributed by atoms with van der Waals surface area (Å²) < 4.78 is 3.91. The Hall–Kier alpha value is -3.02. The van der Waals surface area contributed by atoms with E-state index < -0.39 is 0 Å². The van der Waals surface area contributed by atoms with E-state index in [1.54, 1.807) is 16.9 Å². The summed E-state index contributed by atoms with van der Waals surface area (Å²) in [6.45, 7) is 0.960. The third kappa shape index (κ3) is 1.81. The number of hydrogen-bond donors (Lipinski definition) is 0. The quantitative estimate of drug-likeness (QED) is 0.571. The molecule has 1 aliphatic rings. The van der Waals surface area contributed by atoms with Crippen molar-refractivity contribution >= 4 is 5.65 Å². The van der Waals surface area contributed by atoms with Crippen LogP contribution < -0.4 is 0 Å². The number of aryl methyl sites for hydroxylation is 1. The van der Waals surface area contributed by atoms with Crippen LogP contribution in [-0.2, 0) is 13.0 Å². The van der Waals surface area contributed by atoms with Crippen LogP contribution in [0.5, 0.6) is 0 Å². The predicted octanol–water partition coefficient (Wildman–Crippen LogP) is 2.60. The second-order valence-electron chi connectivity index (χ2n) is 5.66. The Morgan fingerprint density at radius 3 is 2.91 bits per heavy atom. The molecule has 6 nitrogen and oxygen atoms in total. The molecule has 0 unspecified atom stereocenters. The summed E-state index contributed by atoms with van der Waals surface area (Å²) in [6, 6.07) is 7.79. The first-order chi connectivity index (χ1) is 11.4. The van der Waals surface area contributed by atoms with E-state index in [1.807, 2.05) is 36.7 Å². The van der Waals surface area contributed by atoms with Crippen molar-refractivity contribution in [3.8, 4) is 22.5 Å². The highest BCUT2D eigenvalue weighted by Crippen LogP contribution is 2.37. The summed E-state index contributed by atoms with van der Waals surface area (Å²) >= 11 is 0. The third-order valence-electron chi connectivity index (χ3n) is 4.30. The van der Waals surface area contributed by atoms with E-state index in [2.05, 4.69) is 19.7 Å². The molecule has 5 heterocycles. The fourth-order valence-electron chi connectivity index (χ4n) is 3.30. The van der Waals surface area contributed by atoms with Crippen LogP contribution in [0.15, 0.2) is 49.1 Å². The third-order valence-corrected chi connectivity index (χ3v) is 4.30. The standard InChI is InChI=1S/C17H14N6/c1-2-7-18-13(5-1)16-15(14-6-3-9-22(14)21-16)12-11-20-23-10-4-8-19-17(12)23/h1-2,4-5,7-8,10-11H,3,6,9H2. The molecule has 0 fully saturated rings. The Morgan fingerprint density at radius 1 is 1.04 bits per heavy atom. The zero-order chi connectivity index (χ0) is 15.2. The van der Waals surface area contributed by atoms with Gasteiger partial charge in [0.2, 0.25) is 0 Å². The van der Waals surface area contributed by atoms with Crippen molar-refractivity contribution in [3.63, 3.8) is 0 Å². The molecule has 0 aromatic carbocycles. The van der Waals surface area contributed by atoms with Crippen LogP contribution >= 0.6 is 0 Å². The molecule has 0 saturated heterocycles. The van der Waals surface area contributed by atoms with Gasteiger partial charge < -0.3 is 0 Å². The molecule has 0 N–H and O–H groups in total. The molecule has 5 rings (SSSR count). The smallest absolute Gasteiger partial charge is 0.162 e. The average Bonchev–Trinajstić information content (AvgIpc) is 3.29. The zero-order valence-corrected chi connectivity index (χ0v) is 12.4. The molecule has 4 aromatic rings. The van der Waals surface area contributed by atoms with E-state index in [0.29, 0.717) is 0 Å². The highest BCUT2D eigenvalue weighted by atomic mass is 15.3. The average molecular weight is 302 g/mol. The Balaban J connectivity index is 1.82. The minimum atomic E-state index is 0.854. The highest BCUT2D eigenvalue weighted by Gasteiger charge is 2.26. The maximum atomic E-state index is 4.81. The molecule has 1 aliphatic heterocycles.